The Balaban J connectivity index is 1.61. The smallest absolute Gasteiger partial charge is 0.254 e. The van der Waals surface area contributed by atoms with Crippen molar-refractivity contribution < 1.29 is 13.5 Å². The predicted octanol–water partition coefficient (Wildman–Crippen LogP) is 2.74. The van der Waals surface area contributed by atoms with Crippen molar-refractivity contribution >= 4 is 0 Å². The van der Waals surface area contributed by atoms with Crippen molar-refractivity contribution in [1.82, 2.24) is 14.9 Å². The number of H-pyrrole nitrogens is 1. The van der Waals surface area contributed by atoms with Gasteiger partial charge in [-0.1, -0.05) is 12.1 Å². The average molecular weight is 355 g/mol. The minimum absolute atomic E-state index is 0.145. The first-order chi connectivity index (χ1) is 12.7. The van der Waals surface area contributed by atoms with Gasteiger partial charge in [0.15, 0.2) is 23.2 Å². The van der Waals surface area contributed by atoms with Gasteiger partial charge in [-0.05, 0) is 24.6 Å². The Kier molecular flexibility index (Phi) is 4.30. The van der Waals surface area contributed by atoms with E-state index in [1.807, 2.05) is 0 Å². The van der Waals surface area contributed by atoms with Crippen LogP contribution in [0.4, 0.5) is 4.39 Å². The van der Waals surface area contributed by atoms with Crippen molar-refractivity contribution in [2.45, 2.75) is 19.5 Å². The quantitative estimate of drug-likeness (QED) is 0.779. The molecular weight excluding hydrogens is 337 g/mol. The molecule has 0 saturated carbocycles. The van der Waals surface area contributed by atoms with E-state index in [2.05, 4.69) is 14.9 Å². The third-order valence-electron chi connectivity index (χ3n) is 4.56. The number of benzene rings is 1. The normalized spacial score (nSPS) is 14.2. The minimum atomic E-state index is -0.351. The maximum Gasteiger partial charge on any atom is 0.254 e. The van der Waals surface area contributed by atoms with E-state index in [9.17, 15) is 9.18 Å². The minimum Gasteiger partial charge on any atom is -0.494 e. The van der Waals surface area contributed by atoms with Crippen LogP contribution in [0, 0.1) is 5.82 Å². The second kappa shape index (κ2) is 6.76. The number of rotatable bonds is 4. The van der Waals surface area contributed by atoms with E-state index in [1.54, 1.807) is 30.3 Å². The van der Waals surface area contributed by atoms with Crippen LogP contribution in [0.3, 0.4) is 0 Å². The highest BCUT2D eigenvalue weighted by molar-refractivity contribution is 5.47. The number of furan rings is 1. The van der Waals surface area contributed by atoms with Crippen molar-refractivity contribution in [2.24, 2.45) is 0 Å². The molecule has 2 aromatic heterocycles. The highest BCUT2D eigenvalue weighted by atomic mass is 19.1. The second-order valence-electron chi connectivity index (χ2n) is 6.21. The number of nitrogens with zero attached hydrogens (tertiary/aromatic N) is 2. The van der Waals surface area contributed by atoms with Gasteiger partial charge >= 0.3 is 0 Å². The Morgan fingerprint density at radius 1 is 1.35 bits per heavy atom. The van der Waals surface area contributed by atoms with Crippen LogP contribution in [-0.4, -0.2) is 28.5 Å². The molecule has 0 spiro atoms. The molecule has 6 nitrogen and oxygen atoms in total. The molecule has 1 aromatic carbocycles. The van der Waals surface area contributed by atoms with E-state index < -0.39 is 0 Å². The SMILES string of the molecule is COc1cccc(CN2CCc3c(nc(-c4ccco4)[nH]c3=O)C2)c1F. The second-order valence-corrected chi connectivity index (χ2v) is 6.21. The number of nitrogens with one attached hydrogen (secondary N) is 1. The fourth-order valence-corrected chi connectivity index (χ4v) is 3.24. The summed E-state index contributed by atoms with van der Waals surface area (Å²) in [5.41, 5.74) is 1.80. The zero-order chi connectivity index (χ0) is 18.1. The number of aromatic amines is 1. The first-order valence-corrected chi connectivity index (χ1v) is 8.35. The van der Waals surface area contributed by atoms with Gasteiger partial charge in [0, 0.05) is 30.8 Å². The van der Waals surface area contributed by atoms with Crippen molar-refractivity contribution in [3.63, 3.8) is 0 Å². The molecule has 0 amide bonds. The molecule has 26 heavy (non-hydrogen) atoms. The van der Waals surface area contributed by atoms with E-state index in [1.165, 1.54) is 13.4 Å². The molecule has 0 aliphatic carbocycles. The number of hydrogen-bond acceptors (Lipinski definition) is 5. The maximum absolute atomic E-state index is 14.4. The molecule has 4 rings (SSSR count). The average Bonchev–Trinajstić information content (AvgIpc) is 3.18. The largest absolute Gasteiger partial charge is 0.494 e. The summed E-state index contributed by atoms with van der Waals surface area (Å²) in [7, 11) is 1.45. The van der Waals surface area contributed by atoms with Crippen molar-refractivity contribution in [1.29, 1.82) is 0 Å². The maximum atomic E-state index is 14.4. The molecule has 7 heteroatoms. The van der Waals surface area contributed by atoms with Crippen LogP contribution in [0.25, 0.3) is 11.6 Å². The van der Waals surface area contributed by atoms with Crippen molar-refractivity contribution in [2.75, 3.05) is 13.7 Å². The van der Waals surface area contributed by atoms with Crippen LogP contribution >= 0.6 is 0 Å². The summed E-state index contributed by atoms with van der Waals surface area (Å²) in [6, 6.07) is 8.60. The zero-order valence-corrected chi connectivity index (χ0v) is 14.3. The van der Waals surface area contributed by atoms with Gasteiger partial charge < -0.3 is 14.1 Å². The monoisotopic (exact) mass is 355 g/mol. The topological polar surface area (TPSA) is 71.4 Å². The fourth-order valence-electron chi connectivity index (χ4n) is 3.24. The number of halogens is 1. The molecule has 0 radical (unpaired) electrons. The number of methoxy groups -OCH3 is 1. The van der Waals surface area contributed by atoms with Gasteiger partial charge in [0.05, 0.1) is 19.1 Å². The lowest BCUT2D eigenvalue weighted by molar-refractivity contribution is 0.236. The van der Waals surface area contributed by atoms with Crippen LogP contribution in [-0.2, 0) is 19.5 Å². The van der Waals surface area contributed by atoms with Gasteiger partial charge in [-0.3, -0.25) is 9.69 Å². The first-order valence-electron chi connectivity index (χ1n) is 8.35. The number of aromatic nitrogens is 2. The summed E-state index contributed by atoms with van der Waals surface area (Å²) in [5, 5.41) is 0. The molecule has 0 atom stereocenters. The van der Waals surface area contributed by atoms with Gasteiger partial charge in [0.1, 0.15) is 0 Å². The van der Waals surface area contributed by atoms with Crippen LogP contribution in [0.15, 0.2) is 45.8 Å². The number of hydrogen-bond donors (Lipinski definition) is 1. The van der Waals surface area contributed by atoms with Crippen molar-refractivity contribution in [3.8, 4) is 17.3 Å². The summed E-state index contributed by atoms with van der Waals surface area (Å²) >= 11 is 0. The molecule has 0 unspecified atom stereocenters. The zero-order valence-electron chi connectivity index (χ0n) is 14.3. The standard InChI is InChI=1S/C19H18FN3O3/c1-25-15-5-2-4-12(17(15)20)10-23-8-7-13-14(11-23)21-18(22-19(13)24)16-6-3-9-26-16/h2-6,9H,7-8,10-11H2,1H3,(H,21,22,24). The van der Waals surface area contributed by atoms with E-state index in [0.717, 1.165) is 0 Å². The molecular formula is C19H18FN3O3. The Morgan fingerprint density at radius 2 is 2.23 bits per heavy atom. The molecule has 0 saturated heterocycles. The number of fused-ring (bicyclic) bond motifs is 1. The molecule has 1 aliphatic rings. The van der Waals surface area contributed by atoms with Crippen LogP contribution in [0.2, 0.25) is 0 Å². The third-order valence-corrected chi connectivity index (χ3v) is 4.56. The molecule has 0 fully saturated rings. The van der Waals surface area contributed by atoms with E-state index in [4.69, 9.17) is 9.15 Å². The van der Waals surface area contributed by atoms with Crippen molar-refractivity contribution in [3.05, 3.63) is 69.6 Å². The van der Waals surface area contributed by atoms with Crippen LogP contribution < -0.4 is 10.3 Å². The predicted molar refractivity (Wildman–Crippen MR) is 93.3 cm³/mol. The molecule has 0 bridgehead atoms. The lowest BCUT2D eigenvalue weighted by Gasteiger charge is -2.27. The van der Waals surface area contributed by atoms with Gasteiger partial charge in [-0.25, -0.2) is 9.37 Å². The summed E-state index contributed by atoms with van der Waals surface area (Å²) in [5.74, 6) is 0.805. The summed E-state index contributed by atoms with van der Waals surface area (Å²) in [6.07, 6.45) is 2.11. The third kappa shape index (κ3) is 3.01. The van der Waals surface area contributed by atoms with Gasteiger partial charge in [0.25, 0.3) is 5.56 Å². The molecule has 3 heterocycles. The van der Waals surface area contributed by atoms with Gasteiger partial charge in [0.2, 0.25) is 0 Å². The summed E-state index contributed by atoms with van der Waals surface area (Å²) in [4.78, 5) is 21.7. The molecule has 134 valence electrons. The Hall–Kier alpha value is -2.93. The Morgan fingerprint density at radius 3 is 3.00 bits per heavy atom. The molecule has 3 aromatic rings. The van der Waals surface area contributed by atoms with Gasteiger partial charge in [-0.2, -0.15) is 0 Å². The van der Waals surface area contributed by atoms with Crippen LogP contribution in [0.1, 0.15) is 16.8 Å². The highest BCUT2D eigenvalue weighted by Gasteiger charge is 2.23. The number of ether oxygens (including phenoxy) is 1. The Labute approximate surface area is 149 Å². The Bertz CT molecular complexity index is 982. The molecule has 1 N–H and O–H groups in total. The van der Waals surface area contributed by atoms with Gasteiger partial charge in [-0.15, -0.1) is 0 Å². The summed E-state index contributed by atoms with van der Waals surface area (Å²) in [6.45, 7) is 1.56. The van der Waals surface area contributed by atoms with E-state index >= 15 is 0 Å². The molecule has 1 aliphatic heterocycles. The lowest BCUT2D eigenvalue weighted by Crippen LogP contribution is -2.35. The van der Waals surface area contributed by atoms with E-state index in [-0.39, 0.29) is 17.1 Å². The van der Waals surface area contributed by atoms with E-state index in [0.29, 0.717) is 54.5 Å². The summed E-state index contributed by atoms with van der Waals surface area (Å²) < 4.78 is 24.8. The lowest BCUT2D eigenvalue weighted by atomic mass is 10.1. The van der Waals surface area contributed by atoms with Crippen LogP contribution in [0.5, 0.6) is 5.75 Å². The fraction of sp³-hybridized carbons (Fsp3) is 0.263. The highest BCUT2D eigenvalue weighted by Crippen LogP contribution is 2.24. The first kappa shape index (κ1) is 16.5.